The Labute approximate surface area is 166 Å². The summed E-state index contributed by atoms with van der Waals surface area (Å²) >= 11 is 0. The molecule has 4 nitrogen and oxygen atoms in total. The first-order chi connectivity index (χ1) is 13.8. The number of hydrogen-bond donors (Lipinski definition) is 3. The van der Waals surface area contributed by atoms with Gasteiger partial charge in [0.05, 0.1) is 32.4 Å². The zero-order valence-corrected chi connectivity index (χ0v) is 16.8. The number of hydrogen-bond acceptors (Lipinski definition) is 1. The Hall–Kier alpha value is -2.30. The summed E-state index contributed by atoms with van der Waals surface area (Å²) in [6.45, 7) is 4.78. The number of quaternary nitrogens is 2. The number of piperidine rings is 1. The van der Waals surface area contributed by atoms with E-state index in [-0.39, 0.29) is 0 Å². The molecule has 4 N–H and O–H groups in total. The lowest BCUT2D eigenvalue weighted by molar-refractivity contribution is -0.918. The lowest BCUT2D eigenvalue weighted by Gasteiger charge is -2.26. The molecule has 2 aromatic carbocycles. The predicted molar refractivity (Wildman–Crippen MR) is 112 cm³/mol. The zero-order chi connectivity index (χ0) is 18.9. The van der Waals surface area contributed by atoms with Gasteiger partial charge in [0.25, 0.3) is 0 Å². The Morgan fingerprint density at radius 1 is 1.11 bits per heavy atom. The molecular weight excluding hydrogens is 346 g/mol. The first-order valence-corrected chi connectivity index (χ1v) is 10.8. The van der Waals surface area contributed by atoms with Crippen LogP contribution in [0.1, 0.15) is 47.7 Å². The molecule has 2 aliphatic heterocycles. The van der Waals surface area contributed by atoms with E-state index >= 15 is 0 Å². The van der Waals surface area contributed by atoms with Crippen LogP contribution in [0.3, 0.4) is 0 Å². The highest BCUT2D eigenvalue weighted by molar-refractivity contribution is 5.85. The van der Waals surface area contributed by atoms with E-state index < -0.39 is 0 Å². The quantitative estimate of drug-likeness (QED) is 0.639. The molecule has 0 saturated carbocycles. The number of rotatable bonds is 4. The molecule has 4 heteroatoms. The van der Waals surface area contributed by atoms with Crippen LogP contribution in [0.2, 0.25) is 0 Å². The summed E-state index contributed by atoms with van der Waals surface area (Å²) in [4.78, 5) is 5.42. The van der Waals surface area contributed by atoms with Crippen LogP contribution in [0.15, 0.2) is 42.5 Å². The van der Waals surface area contributed by atoms with E-state index in [0.29, 0.717) is 6.04 Å². The average molecular weight is 378 g/mol. The Bertz CT molecular complexity index is 971. The van der Waals surface area contributed by atoms with Crippen molar-refractivity contribution < 1.29 is 15.0 Å². The fourth-order valence-corrected chi connectivity index (χ4v) is 5.20. The fourth-order valence-electron chi connectivity index (χ4n) is 5.20. The third-order valence-corrected chi connectivity index (χ3v) is 6.62. The topological polar surface area (TPSA) is 46.1 Å². The summed E-state index contributed by atoms with van der Waals surface area (Å²) < 4.78 is 5.72. The van der Waals surface area contributed by atoms with Gasteiger partial charge in [0.1, 0.15) is 12.3 Å². The van der Waals surface area contributed by atoms with Crippen LogP contribution >= 0.6 is 0 Å². The van der Waals surface area contributed by atoms with Gasteiger partial charge in [-0.3, -0.25) is 0 Å². The number of ether oxygens (including phenoxy) is 1. The van der Waals surface area contributed by atoms with Crippen LogP contribution in [0.4, 0.5) is 0 Å². The van der Waals surface area contributed by atoms with E-state index in [1.54, 1.807) is 12.0 Å². The first kappa shape index (κ1) is 17.8. The van der Waals surface area contributed by atoms with Crippen molar-refractivity contribution in [3.05, 3.63) is 64.8 Å². The number of methoxy groups -OCH3 is 1. The molecule has 3 heterocycles. The highest BCUT2D eigenvalue weighted by atomic mass is 16.5. The normalized spacial score (nSPS) is 20.2. The highest BCUT2D eigenvalue weighted by Gasteiger charge is 2.29. The Morgan fingerprint density at radius 2 is 1.96 bits per heavy atom. The molecule has 0 radical (unpaired) electrons. The van der Waals surface area contributed by atoms with Crippen molar-refractivity contribution >= 4 is 10.9 Å². The predicted octanol–water partition coefficient (Wildman–Crippen LogP) is 1.95. The second-order valence-corrected chi connectivity index (χ2v) is 8.37. The van der Waals surface area contributed by atoms with Crippen LogP contribution in [0.5, 0.6) is 5.75 Å². The van der Waals surface area contributed by atoms with Gasteiger partial charge in [-0.1, -0.05) is 18.2 Å². The minimum atomic E-state index is 0.345. The molecule has 1 fully saturated rings. The summed E-state index contributed by atoms with van der Waals surface area (Å²) in [6.07, 6.45) is 5.23. The van der Waals surface area contributed by atoms with Crippen molar-refractivity contribution in [2.75, 3.05) is 26.7 Å². The maximum absolute atomic E-state index is 5.72. The van der Waals surface area contributed by atoms with Crippen LogP contribution < -0.4 is 15.0 Å². The van der Waals surface area contributed by atoms with E-state index in [4.69, 9.17) is 4.74 Å². The number of likely N-dealkylation sites (tertiary alicyclic amines) is 1. The molecule has 0 unspecified atom stereocenters. The van der Waals surface area contributed by atoms with Crippen LogP contribution in [0.25, 0.3) is 10.9 Å². The molecule has 1 aromatic heterocycles. The lowest BCUT2D eigenvalue weighted by atomic mass is 9.93. The van der Waals surface area contributed by atoms with Gasteiger partial charge in [-0.15, -0.1) is 0 Å². The largest absolute Gasteiger partial charge is 0.496 e. The molecule has 1 atom stereocenters. The van der Waals surface area contributed by atoms with Gasteiger partial charge in [0, 0.05) is 28.5 Å². The van der Waals surface area contributed by atoms with Crippen molar-refractivity contribution in [1.29, 1.82) is 0 Å². The minimum Gasteiger partial charge on any atom is -0.496 e. The van der Waals surface area contributed by atoms with Crippen molar-refractivity contribution in [1.82, 2.24) is 4.98 Å². The van der Waals surface area contributed by atoms with Gasteiger partial charge in [-0.2, -0.15) is 0 Å². The molecule has 28 heavy (non-hydrogen) atoms. The molecule has 146 valence electrons. The number of aromatic nitrogens is 1. The van der Waals surface area contributed by atoms with Crippen molar-refractivity contribution in [3.8, 4) is 5.75 Å². The van der Waals surface area contributed by atoms with Gasteiger partial charge in [0.15, 0.2) is 6.04 Å². The molecule has 0 bridgehead atoms. The summed E-state index contributed by atoms with van der Waals surface area (Å²) in [6, 6.07) is 15.9. The number of aromatic amines is 1. The zero-order valence-electron chi connectivity index (χ0n) is 16.8. The SMILES string of the molecule is COc1ccc([C@@H]2[NH2+]CCc3c2[nH]c2ccccc32)cc1C[NH+]1CCCCC1. The van der Waals surface area contributed by atoms with Gasteiger partial charge in [-0.05, 0) is 49.1 Å². The number of fused-ring (bicyclic) bond motifs is 3. The van der Waals surface area contributed by atoms with Crippen LogP contribution in [-0.4, -0.2) is 31.7 Å². The summed E-state index contributed by atoms with van der Waals surface area (Å²) in [7, 11) is 1.80. The monoisotopic (exact) mass is 377 g/mol. The first-order valence-electron chi connectivity index (χ1n) is 10.8. The van der Waals surface area contributed by atoms with E-state index in [0.717, 1.165) is 25.3 Å². The Kier molecular flexibility index (Phi) is 4.83. The summed E-state index contributed by atoms with van der Waals surface area (Å²) in [5, 5.41) is 3.87. The van der Waals surface area contributed by atoms with Gasteiger partial charge < -0.3 is 19.9 Å². The molecule has 0 amide bonds. The van der Waals surface area contributed by atoms with Crippen molar-refractivity contribution in [3.63, 3.8) is 0 Å². The maximum Gasteiger partial charge on any atom is 0.153 e. The lowest BCUT2D eigenvalue weighted by Crippen LogP contribution is -3.11. The van der Waals surface area contributed by atoms with Crippen LogP contribution in [0, 0.1) is 0 Å². The number of benzene rings is 2. The number of nitrogens with two attached hydrogens (primary N) is 1. The van der Waals surface area contributed by atoms with Gasteiger partial charge >= 0.3 is 0 Å². The summed E-state index contributed by atoms with van der Waals surface area (Å²) in [5.41, 5.74) is 6.89. The smallest absolute Gasteiger partial charge is 0.153 e. The number of para-hydroxylation sites is 1. The number of nitrogens with one attached hydrogen (secondary N) is 2. The van der Waals surface area contributed by atoms with Crippen molar-refractivity contribution in [2.24, 2.45) is 0 Å². The van der Waals surface area contributed by atoms with E-state index in [2.05, 4.69) is 52.8 Å². The Balaban J connectivity index is 1.51. The van der Waals surface area contributed by atoms with E-state index in [1.807, 2.05) is 0 Å². The molecule has 0 spiro atoms. The fraction of sp³-hybridized carbons (Fsp3) is 0.417. The highest BCUT2D eigenvalue weighted by Crippen LogP contribution is 2.32. The second kappa shape index (κ2) is 7.61. The standard InChI is InChI=1S/C24H29N3O/c1-28-22-10-9-17(15-18(22)16-27-13-5-2-6-14-27)23-24-20(11-12-25-23)19-7-3-4-8-21(19)26-24/h3-4,7-10,15,23,25-26H,2,5-6,11-14,16H2,1H3/p+2/t23-/m0/s1. The Morgan fingerprint density at radius 3 is 2.82 bits per heavy atom. The third-order valence-electron chi connectivity index (χ3n) is 6.62. The maximum atomic E-state index is 5.72. The third kappa shape index (κ3) is 3.21. The minimum absolute atomic E-state index is 0.345. The number of H-pyrrole nitrogens is 1. The average Bonchev–Trinajstić information content (AvgIpc) is 3.13. The molecule has 2 aliphatic rings. The summed E-state index contributed by atoms with van der Waals surface area (Å²) in [5.74, 6) is 1.04. The van der Waals surface area contributed by atoms with Gasteiger partial charge in [-0.25, -0.2) is 0 Å². The molecule has 3 aromatic rings. The van der Waals surface area contributed by atoms with E-state index in [1.165, 1.54) is 65.6 Å². The van der Waals surface area contributed by atoms with E-state index in [9.17, 15) is 0 Å². The van der Waals surface area contributed by atoms with Crippen LogP contribution in [-0.2, 0) is 13.0 Å². The van der Waals surface area contributed by atoms with Crippen molar-refractivity contribution in [2.45, 2.75) is 38.3 Å². The van der Waals surface area contributed by atoms with Gasteiger partial charge in [0.2, 0.25) is 0 Å². The molecular formula is C24H31N3O+2. The molecule has 0 aliphatic carbocycles. The molecule has 5 rings (SSSR count). The second-order valence-electron chi connectivity index (χ2n) is 8.37. The molecule has 1 saturated heterocycles.